The molecule has 1 N–H and O–H groups in total. The van der Waals surface area contributed by atoms with E-state index < -0.39 is 10.9 Å². The van der Waals surface area contributed by atoms with Crippen molar-refractivity contribution in [2.45, 2.75) is 24.8 Å². The Hall–Kier alpha value is -1.32. The Labute approximate surface area is 138 Å². The first-order valence-electron chi connectivity index (χ1n) is 6.67. The molecule has 0 bridgehead atoms. The summed E-state index contributed by atoms with van der Waals surface area (Å²) in [4.78, 5) is 12.3. The fourth-order valence-electron chi connectivity index (χ4n) is 2.08. The standard InChI is InChI=1S/C17H17BrClNO/c1-17(2,13-8-10-14(18)11-9-13)20-16(21)15(19)12-6-4-3-5-7-12/h3-11,15H,1-2H3,(H,20,21). The van der Waals surface area contributed by atoms with Crippen LogP contribution in [0.1, 0.15) is 30.4 Å². The van der Waals surface area contributed by atoms with Crippen LogP contribution in [0.4, 0.5) is 0 Å². The van der Waals surface area contributed by atoms with Crippen molar-refractivity contribution in [3.63, 3.8) is 0 Å². The fraction of sp³-hybridized carbons (Fsp3) is 0.235. The van der Waals surface area contributed by atoms with Gasteiger partial charge in [0, 0.05) is 4.47 Å². The number of nitrogens with one attached hydrogen (secondary N) is 1. The van der Waals surface area contributed by atoms with E-state index in [-0.39, 0.29) is 5.91 Å². The van der Waals surface area contributed by atoms with E-state index in [4.69, 9.17) is 11.6 Å². The van der Waals surface area contributed by atoms with Crippen molar-refractivity contribution < 1.29 is 4.79 Å². The second-order valence-corrected chi connectivity index (χ2v) is 6.75. The monoisotopic (exact) mass is 365 g/mol. The third kappa shape index (κ3) is 4.08. The zero-order chi connectivity index (χ0) is 15.5. The Kier molecular flexibility index (Phi) is 5.07. The lowest BCUT2D eigenvalue weighted by atomic mass is 9.94. The molecule has 2 aromatic rings. The average molecular weight is 367 g/mol. The molecular formula is C17H17BrClNO. The first-order valence-corrected chi connectivity index (χ1v) is 7.90. The molecule has 0 saturated heterocycles. The lowest BCUT2D eigenvalue weighted by molar-refractivity contribution is -0.122. The lowest BCUT2D eigenvalue weighted by Crippen LogP contribution is -2.42. The first-order chi connectivity index (χ1) is 9.90. The van der Waals surface area contributed by atoms with E-state index in [1.807, 2.05) is 68.4 Å². The molecule has 2 aromatic carbocycles. The summed E-state index contributed by atoms with van der Waals surface area (Å²) in [5.41, 5.74) is 1.33. The molecule has 0 aliphatic carbocycles. The Morgan fingerprint density at radius 2 is 1.67 bits per heavy atom. The number of amides is 1. The lowest BCUT2D eigenvalue weighted by Gasteiger charge is -2.28. The highest BCUT2D eigenvalue weighted by Crippen LogP contribution is 2.26. The molecule has 21 heavy (non-hydrogen) atoms. The number of alkyl halides is 1. The van der Waals surface area contributed by atoms with E-state index in [9.17, 15) is 4.79 Å². The topological polar surface area (TPSA) is 29.1 Å². The largest absolute Gasteiger partial charge is 0.346 e. The zero-order valence-electron chi connectivity index (χ0n) is 11.9. The van der Waals surface area contributed by atoms with Gasteiger partial charge in [-0.3, -0.25) is 4.79 Å². The highest BCUT2D eigenvalue weighted by atomic mass is 79.9. The zero-order valence-corrected chi connectivity index (χ0v) is 14.3. The summed E-state index contributed by atoms with van der Waals surface area (Å²) in [7, 11) is 0. The molecule has 0 heterocycles. The van der Waals surface area contributed by atoms with Gasteiger partial charge in [-0.1, -0.05) is 58.4 Å². The maximum atomic E-state index is 12.3. The van der Waals surface area contributed by atoms with Gasteiger partial charge in [0.25, 0.3) is 0 Å². The number of rotatable bonds is 4. The van der Waals surface area contributed by atoms with Gasteiger partial charge in [-0.2, -0.15) is 0 Å². The van der Waals surface area contributed by atoms with Crippen molar-refractivity contribution in [1.29, 1.82) is 0 Å². The van der Waals surface area contributed by atoms with Gasteiger partial charge >= 0.3 is 0 Å². The van der Waals surface area contributed by atoms with E-state index in [2.05, 4.69) is 21.2 Å². The summed E-state index contributed by atoms with van der Waals surface area (Å²) in [6, 6.07) is 17.2. The highest BCUT2D eigenvalue weighted by Gasteiger charge is 2.27. The fourth-order valence-corrected chi connectivity index (χ4v) is 2.55. The van der Waals surface area contributed by atoms with Crippen molar-refractivity contribution in [2.24, 2.45) is 0 Å². The summed E-state index contributed by atoms with van der Waals surface area (Å²) >= 11 is 9.66. The number of hydrogen-bond acceptors (Lipinski definition) is 1. The first kappa shape index (κ1) is 16.1. The number of hydrogen-bond donors (Lipinski definition) is 1. The van der Waals surface area contributed by atoms with E-state index in [1.165, 1.54) is 0 Å². The molecule has 1 atom stereocenters. The van der Waals surface area contributed by atoms with Crippen molar-refractivity contribution in [1.82, 2.24) is 5.32 Å². The molecule has 0 aromatic heterocycles. The molecule has 0 aliphatic rings. The van der Waals surface area contributed by atoms with Gasteiger partial charge in [-0.05, 0) is 37.1 Å². The average Bonchev–Trinajstić information content (AvgIpc) is 2.47. The van der Waals surface area contributed by atoms with Crippen LogP contribution in [0.3, 0.4) is 0 Å². The minimum absolute atomic E-state index is 0.198. The summed E-state index contributed by atoms with van der Waals surface area (Å²) in [6.07, 6.45) is 0. The molecule has 0 saturated carbocycles. The Morgan fingerprint density at radius 1 is 1.10 bits per heavy atom. The van der Waals surface area contributed by atoms with E-state index in [0.29, 0.717) is 0 Å². The van der Waals surface area contributed by atoms with Crippen LogP contribution in [-0.4, -0.2) is 5.91 Å². The molecule has 2 nitrogen and oxygen atoms in total. The molecule has 0 radical (unpaired) electrons. The van der Waals surface area contributed by atoms with Crippen LogP contribution >= 0.6 is 27.5 Å². The molecule has 4 heteroatoms. The number of halogens is 2. The Bertz CT molecular complexity index is 610. The minimum Gasteiger partial charge on any atom is -0.346 e. The number of benzene rings is 2. The van der Waals surface area contributed by atoms with Gasteiger partial charge in [0.05, 0.1) is 5.54 Å². The molecule has 1 amide bonds. The van der Waals surface area contributed by atoms with E-state index >= 15 is 0 Å². The molecular weight excluding hydrogens is 350 g/mol. The summed E-state index contributed by atoms with van der Waals surface area (Å²) in [5, 5.41) is 2.31. The molecule has 0 aliphatic heterocycles. The van der Waals surface area contributed by atoms with Gasteiger partial charge in [-0.15, -0.1) is 11.6 Å². The maximum Gasteiger partial charge on any atom is 0.243 e. The number of carbonyl (C=O) groups is 1. The Balaban J connectivity index is 2.12. The SMILES string of the molecule is CC(C)(NC(=O)C(Cl)c1ccccc1)c1ccc(Br)cc1. The summed E-state index contributed by atoms with van der Waals surface area (Å²) < 4.78 is 1.01. The van der Waals surface area contributed by atoms with Gasteiger partial charge in [-0.25, -0.2) is 0 Å². The number of carbonyl (C=O) groups excluding carboxylic acids is 1. The predicted molar refractivity (Wildman–Crippen MR) is 90.3 cm³/mol. The van der Waals surface area contributed by atoms with Crippen molar-refractivity contribution in [2.75, 3.05) is 0 Å². The van der Waals surface area contributed by atoms with E-state index in [1.54, 1.807) is 0 Å². The Morgan fingerprint density at radius 3 is 2.24 bits per heavy atom. The molecule has 0 fully saturated rings. The molecule has 2 rings (SSSR count). The van der Waals surface area contributed by atoms with Crippen LogP contribution in [-0.2, 0) is 10.3 Å². The smallest absolute Gasteiger partial charge is 0.243 e. The van der Waals surface area contributed by atoms with Crippen LogP contribution in [0.25, 0.3) is 0 Å². The van der Waals surface area contributed by atoms with E-state index in [0.717, 1.165) is 15.6 Å². The van der Waals surface area contributed by atoms with Crippen LogP contribution in [0, 0.1) is 0 Å². The quantitative estimate of drug-likeness (QED) is 0.775. The molecule has 1 unspecified atom stereocenters. The van der Waals surface area contributed by atoms with Crippen LogP contribution in [0.5, 0.6) is 0 Å². The van der Waals surface area contributed by atoms with Crippen molar-refractivity contribution in [3.8, 4) is 0 Å². The minimum atomic E-state index is -0.694. The predicted octanol–water partition coefficient (Wildman–Crippen LogP) is 4.78. The van der Waals surface area contributed by atoms with Crippen molar-refractivity contribution >= 4 is 33.4 Å². The second kappa shape index (κ2) is 6.63. The highest BCUT2D eigenvalue weighted by molar-refractivity contribution is 9.10. The van der Waals surface area contributed by atoms with Gasteiger partial charge in [0.2, 0.25) is 5.91 Å². The molecule has 110 valence electrons. The van der Waals surface area contributed by atoms with Gasteiger partial charge in [0.15, 0.2) is 0 Å². The van der Waals surface area contributed by atoms with Crippen LogP contribution in [0.2, 0.25) is 0 Å². The third-order valence-electron chi connectivity index (χ3n) is 3.32. The second-order valence-electron chi connectivity index (χ2n) is 5.39. The van der Waals surface area contributed by atoms with Crippen LogP contribution < -0.4 is 5.32 Å². The van der Waals surface area contributed by atoms with Crippen molar-refractivity contribution in [3.05, 3.63) is 70.2 Å². The van der Waals surface area contributed by atoms with Gasteiger partial charge < -0.3 is 5.32 Å². The third-order valence-corrected chi connectivity index (χ3v) is 4.30. The molecule has 0 spiro atoms. The summed E-state index contributed by atoms with van der Waals surface area (Å²) in [5.74, 6) is -0.198. The summed E-state index contributed by atoms with van der Waals surface area (Å²) in [6.45, 7) is 3.92. The maximum absolute atomic E-state index is 12.3. The van der Waals surface area contributed by atoms with Gasteiger partial charge in [0.1, 0.15) is 5.38 Å². The van der Waals surface area contributed by atoms with Crippen LogP contribution in [0.15, 0.2) is 59.1 Å². The normalized spacial score (nSPS) is 12.8.